The molecule has 1 saturated heterocycles. The molecule has 1 aromatic heterocycles. The lowest BCUT2D eigenvalue weighted by Gasteiger charge is -2.32. The van der Waals surface area contributed by atoms with Crippen molar-refractivity contribution in [3.8, 4) is 18.2 Å². The minimum absolute atomic E-state index is 0.0438. The summed E-state index contributed by atoms with van der Waals surface area (Å²) in [5, 5.41) is 39.6. The highest BCUT2D eigenvalue weighted by Gasteiger charge is 2.30. The summed E-state index contributed by atoms with van der Waals surface area (Å²) in [6.45, 7) is 0.831. The lowest BCUT2D eigenvalue weighted by atomic mass is 9.87. The van der Waals surface area contributed by atoms with Crippen LogP contribution in [0.3, 0.4) is 0 Å². The fourth-order valence-corrected chi connectivity index (χ4v) is 3.93. The molecule has 0 saturated carbocycles. The summed E-state index contributed by atoms with van der Waals surface area (Å²) < 4.78 is 13.4. The molecule has 0 amide bonds. The molecule has 0 spiro atoms. The van der Waals surface area contributed by atoms with E-state index in [2.05, 4.69) is 17.1 Å². The molecule has 0 radical (unpaired) electrons. The first-order chi connectivity index (χ1) is 14.4. The van der Waals surface area contributed by atoms with Crippen LogP contribution >= 0.6 is 11.6 Å². The van der Waals surface area contributed by atoms with Crippen LogP contribution in [0, 0.1) is 39.8 Å². The normalized spacial score (nSPS) is 16.9. The molecule has 9 heteroatoms. The van der Waals surface area contributed by atoms with Gasteiger partial charge in [0.2, 0.25) is 0 Å². The predicted molar refractivity (Wildman–Crippen MR) is 109 cm³/mol. The first kappa shape index (κ1) is 21.3. The fraction of sp³-hybridized carbons (Fsp3) is 0.333. The Balaban J connectivity index is 2.14. The number of nitriles is 3. The quantitative estimate of drug-likeness (QED) is 0.770. The van der Waals surface area contributed by atoms with Gasteiger partial charge in [0.05, 0.1) is 18.1 Å². The van der Waals surface area contributed by atoms with E-state index in [0.717, 1.165) is 6.07 Å². The zero-order chi connectivity index (χ0) is 21.8. The van der Waals surface area contributed by atoms with Crippen molar-refractivity contribution in [2.24, 2.45) is 0 Å². The number of rotatable bonds is 4. The van der Waals surface area contributed by atoms with Crippen molar-refractivity contribution in [1.82, 2.24) is 4.98 Å². The summed E-state index contributed by atoms with van der Waals surface area (Å²) in [5.41, 5.74) is 6.72. The van der Waals surface area contributed by atoms with Crippen LogP contribution in [0.2, 0.25) is 5.02 Å². The maximum atomic E-state index is 13.4. The van der Waals surface area contributed by atoms with Gasteiger partial charge in [-0.3, -0.25) is 0 Å². The molecule has 30 heavy (non-hydrogen) atoms. The van der Waals surface area contributed by atoms with Crippen molar-refractivity contribution in [3.63, 3.8) is 0 Å². The predicted octanol–water partition coefficient (Wildman–Crippen LogP) is 3.01. The van der Waals surface area contributed by atoms with Crippen LogP contribution in [-0.2, 0) is 6.42 Å². The summed E-state index contributed by atoms with van der Waals surface area (Å²) >= 11 is 6.11. The van der Waals surface area contributed by atoms with Crippen molar-refractivity contribution >= 4 is 23.2 Å². The van der Waals surface area contributed by atoms with Crippen LogP contribution in [0.25, 0.3) is 0 Å². The number of aliphatic hydroxyl groups excluding tert-OH is 1. The van der Waals surface area contributed by atoms with E-state index in [1.807, 2.05) is 6.07 Å². The Hall–Kier alpha value is -3.38. The van der Waals surface area contributed by atoms with Crippen LogP contribution in [0.5, 0.6) is 0 Å². The van der Waals surface area contributed by atoms with E-state index >= 15 is 0 Å². The topological polar surface area (TPSA) is 134 Å². The van der Waals surface area contributed by atoms with Crippen molar-refractivity contribution in [2.45, 2.75) is 31.3 Å². The third-order valence-electron chi connectivity index (χ3n) is 5.11. The third kappa shape index (κ3) is 4.14. The molecule has 0 unspecified atom stereocenters. The summed E-state index contributed by atoms with van der Waals surface area (Å²) in [4.78, 5) is 5.99. The van der Waals surface area contributed by atoms with E-state index in [0.29, 0.717) is 24.9 Å². The van der Waals surface area contributed by atoms with Gasteiger partial charge >= 0.3 is 0 Å². The molecule has 2 atom stereocenters. The van der Waals surface area contributed by atoms with E-state index in [4.69, 9.17) is 17.3 Å². The smallest absolute Gasteiger partial charge is 0.149 e. The van der Waals surface area contributed by atoms with Crippen LogP contribution in [0.4, 0.5) is 16.0 Å². The van der Waals surface area contributed by atoms with E-state index in [1.165, 1.54) is 12.1 Å². The standard InChI is InChI=1S/C21H18ClFN6O/c22-18-7-14(23)4-3-12(18)6-13(8-24)19-16(9-25)20(27)28-21(17(19)10-26)29-5-1-2-15(30)11-29/h3-4,7,13,15,30H,1-2,5-6,11H2,(H2,27,28)/t13-,15+/m0/s1. The van der Waals surface area contributed by atoms with Crippen LogP contribution in [0.1, 0.15) is 41.0 Å². The van der Waals surface area contributed by atoms with Gasteiger partial charge in [0, 0.05) is 23.7 Å². The van der Waals surface area contributed by atoms with Gasteiger partial charge in [-0.25, -0.2) is 9.37 Å². The SMILES string of the molecule is N#Cc1c(N)nc(N2CCC[C@@H](O)C2)c(C#N)c1[C@H](C#N)Cc1ccc(F)cc1Cl. The van der Waals surface area contributed by atoms with Gasteiger partial charge in [0.25, 0.3) is 0 Å². The number of nitrogens with zero attached hydrogens (tertiary/aromatic N) is 5. The molecule has 0 bridgehead atoms. The number of β-amino-alcohol motifs (C(OH)–C–C–N with tert-alkyl or cyclic N) is 1. The Morgan fingerprint density at radius 2 is 2.03 bits per heavy atom. The average Bonchev–Trinajstić information content (AvgIpc) is 2.72. The molecule has 2 aromatic rings. The second-order valence-electron chi connectivity index (χ2n) is 7.07. The lowest BCUT2D eigenvalue weighted by Crippen LogP contribution is -2.39. The Morgan fingerprint density at radius 1 is 1.30 bits per heavy atom. The molecular formula is C21H18ClFN6O. The maximum absolute atomic E-state index is 13.4. The molecule has 1 fully saturated rings. The molecule has 1 aliphatic rings. The molecular weight excluding hydrogens is 407 g/mol. The number of aromatic nitrogens is 1. The number of hydrogen-bond acceptors (Lipinski definition) is 7. The number of pyridine rings is 1. The summed E-state index contributed by atoms with van der Waals surface area (Å²) in [6, 6.07) is 9.97. The Bertz CT molecular complexity index is 1100. The maximum Gasteiger partial charge on any atom is 0.149 e. The number of nitrogen functional groups attached to an aromatic ring is 1. The van der Waals surface area contributed by atoms with Crippen LogP contribution < -0.4 is 10.6 Å². The zero-order valence-electron chi connectivity index (χ0n) is 15.9. The largest absolute Gasteiger partial charge is 0.391 e. The number of aliphatic hydroxyl groups is 1. The minimum Gasteiger partial charge on any atom is -0.391 e. The fourth-order valence-electron chi connectivity index (χ4n) is 3.68. The number of nitrogens with two attached hydrogens (primary N) is 1. The van der Waals surface area contributed by atoms with Gasteiger partial charge in [-0.2, -0.15) is 15.8 Å². The molecule has 3 rings (SSSR count). The summed E-state index contributed by atoms with van der Waals surface area (Å²) in [6.07, 6.45) is 0.832. The molecule has 7 nitrogen and oxygen atoms in total. The van der Waals surface area contributed by atoms with E-state index < -0.39 is 17.8 Å². The first-order valence-electron chi connectivity index (χ1n) is 9.29. The summed E-state index contributed by atoms with van der Waals surface area (Å²) in [5.74, 6) is -1.29. The van der Waals surface area contributed by atoms with Gasteiger partial charge in [-0.1, -0.05) is 17.7 Å². The van der Waals surface area contributed by atoms with Crippen molar-refractivity contribution in [3.05, 3.63) is 51.3 Å². The van der Waals surface area contributed by atoms with Gasteiger partial charge in [-0.15, -0.1) is 0 Å². The van der Waals surface area contributed by atoms with Crippen molar-refractivity contribution in [2.75, 3.05) is 23.7 Å². The highest BCUT2D eigenvalue weighted by Crippen LogP contribution is 2.36. The first-order valence-corrected chi connectivity index (χ1v) is 9.67. The van der Waals surface area contributed by atoms with Gasteiger partial charge in [-0.05, 0) is 37.0 Å². The Morgan fingerprint density at radius 3 is 2.63 bits per heavy atom. The monoisotopic (exact) mass is 424 g/mol. The highest BCUT2D eigenvalue weighted by molar-refractivity contribution is 6.31. The minimum atomic E-state index is -0.934. The molecule has 152 valence electrons. The Labute approximate surface area is 178 Å². The number of anilines is 2. The number of benzene rings is 1. The lowest BCUT2D eigenvalue weighted by molar-refractivity contribution is 0.154. The second-order valence-corrected chi connectivity index (χ2v) is 7.48. The van der Waals surface area contributed by atoms with E-state index in [9.17, 15) is 25.3 Å². The molecule has 2 heterocycles. The average molecular weight is 425 g/mol. The second kappa shape index (κ2) is 8.97. The highest BCUT2D eigenvalue weighted by atomic mass is 35.5. The van der Waals surface area contributed by atoms with Gasteiger partial charge < -0.3 is 15.7 Å². The zero-order valence-corrected chi connectivity index (χ0v) is 16.7. The van der Waals surface area contributed by atoms with Crippen LogP contribution in [-0.4, -0.2) is 29.3 Å². The number of halogens is 2. The molecule has 0 aliphatic carbocycles. The molecule has 3 N–H and O–H groups in total. The van der Waals surface area contributed by atoms with Gasteiger partial charge in [0.15, 0.2) is 0 Å². The molecule has 1 aliphatic heterocycles. The number of hydrogen-bond donors (Lipinski definition) is 2. The summed E-state index contributed by atoms with van der Waals surface area (Å²) in [7, 11) is 0. The van der Waals surface area contributed by atoms with E-state index in [-0.39, 0.29) is 46.3 Å². The third-order valence-corrected chi connectivity index (χ3v) is 5.46. The number of piperidine rings is 1. The Kier molecular flexibility index (Phi) is 6.37. The van der Waals surface area contributed by atoms with Gasteiger partial charge in [0.1, 0.15) is 40.7 Å². The van der Waals surface area contributed by atoms with Crippen molar-refractivity contribution < 1.29 is 9.50 Å². The van der Waals surface area contributed by atoms with E-state index in [1.54, 1.807) is 4.90 Å². The van der Waals surface area contributed by atoms with Crippen LogP contribution in [0.15, 0.2) is 18.2 Å². The van der Waals surface area contributed by atoms with Crippen molar-refractivity contribution in [1.29, 1.82) is 15.8 Å². The molecule has 1 aromatic carbocycles.